The van der Waals surface area contributed by atoms with Crippen LogP contribution in [0.2, 0.25) is 0 Å². The van der Waals surface area contributed by atoms with Crippen molar-refractivity contribution in [1.29, 1.82) is 0 Å². The van der Waals surface area contributed by atoms with Crippen LogP contribution in [0.5, 0.6) is 0 Å². The molecule has 0 radical (unpaired) electrons. The average Bonchev–Trinajstić information content (AvgIpc) is 2.28. The molecule has 2 aromatic rings. The molecule has 2 heteroatoms. The number of hydrogen-bond acceptors (Lipinski definition) is 2. The van der Waals surface area contributed by atoms with Gasteiger partial charge in [0.25, 0.3) is 0 Å². The first-order chi connectivity index (χ1) is 8.11. The van der Waals surface area contributed by atoms with Gasteiger partial charge in [0.15, 0.2) is 0 Å². The van der Waals surface area contributed by atoms with Gasteiger partial charge in [-0.2, -0.15) is 0 Å². The molecule has 0 aliphatic heterocycles. The molecule has 2 nitrogen and oxygen atoms in total. The molecule has 88 valence electrons. The predicted molar refractivity (Wildman–Crippen MR) is 73.4 cm³/mol. The molecule has 0 bridgehead atoms. The largest absolute Gasteiger partial charge is 0.388 e. The molecule has 0 saturated heterocycles. The average molecular weight is 226 g/mol. The SMILES string of the molecule is CNc1ccnc(-c2c(C)cc(C)cc2C)c1. The van der Waals surface area contributed by atoms with Crippen LogP contribution in [0.4, 0.5) is 5.69 Å². The fourth-order valence-corrected chi connectivity index (χ4v) is 2.31. The third-order valence-corrected chi connectivity index (χ3v) is 2.98. The number of pyridine rings is 1. The minimum absolute atomic E-state index is 1.03. The molecule has 0 aliphatic carbocycles. The van der Waals surface area contributed by atoms with E-state index in [9.17, 15) is 0 Å². The molecule has 1 aromatic heterocycles. The van der Waals surface area contributed by atoms with Gasteiger partial charge in [0.1, 0.15) is 0 Å². The molecular weight excluding hydrogens is 208 g/mol. The van der Waals surface area contributed by atoms with Crippen LogP contribution in [0.25, 0.3) is 11.3 Å². The van der Waals surface area contributed by atoms with Crippen LogP contribution >= 0.6 is 0 Å². The highest BCUT2D eigenvalue weighted by Crippen LogP contribution is 2.28. The van der Waals surface area contributed by atoms with Crippen LogP contribution in [-0.4, -0.2) is 12.0 Å². The summed E-state index contributed by atoms with van der Waals surface area (Å²) in [5, 5.41) is 3.15. The van der Waals surface area contributed by atoms with Gasteiger partial charge in [-0.15, -0.1) is 0 Å². The summed E-state index contributed by atoms with van der Waals surface area (Å²) in [7, 11) is 1.92. The summed E-state index contributed by atoms with van der Waals surface area (Å²) in [6.45, 7) is 6.41. The minimum atomic E-state index is 1.03. The highest BCUT2D eigenvalue weighted by Gasteiger charge is 2.08. The summed E-state index contributed by atoms with van der Waals surface area (Å²) in [6, 6.07) is 8.47. The van der Waals surface area contributed by atoms with Crippen molar-refractivity contribution < 1.29 is 0 Å². The Bertz CT molecular complexity index is 521. The monoisotopic (exact) mass is 226 g/mol. The lowest BCUT2D eigenvalue weighted by molar-refractivity contribution is 1.26. The third kappa shape index (κ3) is 2.31. The van der Waals surface area contributed by atoms with Crippen molar-refractivity contribution in [1.82, 2.24) is 4.98 Å². The summed E-state index contributed by atoms with van der Waals surface area (Å²) in [4.78, 5) is 4.47. The Hall–Kier alpha value is -1.83. The van der Waals surface area contributed by atoms with E-state index in [0.717, 1.165) is 11.4 Å². The summed E-state index contributed by atoms with van der Waals surface area (Å²) < 4.78 is 0. The molecule has 0 aliphatic rings. The highest BCUT2D eigenvalue weighted by molar-refractivity contribution is 5.70. The normalized spacial score (nSPS) is 10.4. The van der Waals surface area contributed by atoms with Crippen LogP contribution in [0, 0.1) is 20.8 Å². The molecule has 1 heterocycles. The molecule has 0 unspecified atom stereocenters. The number of aryl methyl sites for hydroxylation is 3. The molecule has 0 spiro atoms. The van der Waals surface area contributed by atoms with Crippen LogP contribution in [0.15, 0.2) is 30.5 Å². The van der Waals surface area contributed by atoms with E-state index < -0.39 is 0 Å². The predicted octanol–water partition coefficient (Wildman–Crippen LogP) is 3.72. The lowest BCUT2D eigenvalue weighted by atomic mass is 9.97. The molecule has 0 amide bonds. The number of benzene rings is 1. The first-order valence-electron chi connectivity index (χ1n) is 5.84. The van der Waals surface area contributed by atoms with Crippen LogP contribution in [0.3, 0.4) is 0 Å². The first-order valence-corrected chi connectivity index (χ1v) is 5.84. The topological polar surface area (TPSA) is 24.9 Å². The molecule has 17 heavy (non-hydrogen) atoms. The van der Waals surface area contributed by atoms with E-state index in [2.05, 4.69) is 49.3 Å². The third-order valence-electron chi connectivity index (χ3n) is 2.98. The molecule has 1 N–H and O–H groups in total. The highest BCUT2D eigenvalue weighted by atomic mass is 14.8. The Morgan fingerprint density at radius 2 is 1.65 bits per heavy atom. The van der Waals surface area contributed by atoms with Gasteiger partial charge < -0.3 is 5.32 Å². The van der Waals surface area contributed by atoms with Gasteiger partial charge in [-0.25, -0.2) is 0 Å². The second-order valence-corrected chi connectivity index (χ2v) is 4.45. The van der Waals surface area contributed by atoms with Gasteiger partial charge in [0.05, 0.1) is 5.69 Å². The van der Waals surface area contributed by atoms with Crippen molar-refractivity contribution in [2.75, 3.05) is 12.4 Å². The van der Waals surface area contributed by atoms with Crippen molar-refractivity contribution in [2.24, 2.45) is 0 Å². The van der Waals surface area contributed by atoms with Crippen molar-refractivity contribution in [3.05, 3.63) is 47.2 Å². The van der Waals surface area contributed by atoms with Gasteiger partial charge in [-0.05, 0) is 44.0 Å². The van der Waals surface area contributed by atoms with Gasteiger partial charge in [0, 0.05) is 24.5 Å². The molecule has 0 fully saturated rings. The van der Waals surface area contributed by atoms with E-state index in [1.807, 2.05) is 19.3 Å². The van der Waals surface area contributed by atoms with Crippen LogP contribution in [0.1, 0.15) is 16.7 Å². The van der Waals surface area contributed by atoms with E-state index in [4.69, 9.17) is 0 Å². The lowest BCUT2D eigenvalue weighted by Crippen LogP contribution is -1.94. The van der Waals surface area contributed by atoms with Crippen LogP contribution in [-0.2, 0) is 0 Å². The Morgan fingerprint density at radius 1 is 1.00 bits per heavy atom. The van der Waals surface area contributed by atoms with E-state index in [0.29, 0.717) is 0 Å². The Balaban J connectivity index is 2.60. The number of anilines is 1. The maximum Gasteiger partial charge on any atom is 0.0727 e. The lowest BCUT2D eigenvalue weighted by Gasteiger charge is -2.11. The summed E-state index contributed by atoms with van der Waals surface area (Å²) in [5.74, 6) is 0. The quantitative estimate of drug-likeness (QED) is 0.844. The second-order valence-electron chi connectivity index (χ2n) is 4.45. The molecule has 2 rings (SSSR count). The van der Waals surface area contributed by atoms with Crippen molar-refractivity contribution >= 4 is 5.69 Å². The van der Waals surface area contributed by atoms with Crippen molar-refractivity contribution in [2.45, 2.75) is 20.8 Å². The van der Waals surface area contributed by atoms with Crippen molar-refractivity contribution in [3.8, 4) is 11.3 Å². The molecule has 1 aromatic carbocycles. The zero-order chi connectivity index (χ0) is 12.4. The number of hydrogen-bond donors (Lipinski definition) is 1. The molecule has 0 saturated carbocycles. The molecular formula is C15H18N2. The van der Waals surface area contributed by atoms with Gasteiger partial charge in [0.2, 0.25) is 0 Å². The standard InChI is InChI=1S/C15H18N2/c1-10-7-11(2)15(12(3)8-10)14-9-13(16-4)5-6-17-14/h5-9H,1-4H3,(H,16,17). The van der Waals surface area contributed by atoms with Crippen molar-refractivity contribution in [3.63, 3.8) is 0 Å². The Morgan fingerprint density at radius 3 is 2.24 bits per heavy atom. The Labute approximate surface area is 103 Å². The number of nitrogens with zero attached hydrogens (tertiary/aromatic N) is 1. The van der Waals surface area contributed by atoms with Crippen LogP contribution < -0.4 is 5.32 Å². The van der Waals surface area contributed by atoms with Gasteiger partial charge in [-0.1, -0.05) is 17.7 Å². The zero-order valence-corrected chi connectivity index (χ0v) is 10.8. The summed E-state index contributed by atoms with van der Waals surface area (Å²) >= 11 is 0. The molecule has 0 atom stereocenters. The van der Waals surface area contributed by atoms with E-state index in [1.54, 1.807) is 0 Å². The van der Waals surface area contributed by atoms with Gasteiger partial charge >= 0.3 is 0 Å². The summed E-state index contributed by atoms with van der Waals surface area (Å²) in [6.07, 6.45) is 1.85. The van der Waals surface area contributed by atoms with E-state index in [1.165, 1.54) is 22.3 Å². The van der Waals surface area contributed by atoms with E-state index in [-0.39, 0.29) is 0 Å². The second kappa shape index (κ2) is 4.58. The Kier molecular flexibility index (Phi) is 3.14. The fourth-order valence-electron chi connectivity index (χ4n) is 2.31. The van der Waals surface area contributed by atoms with E-state index >= 15 is 0 Å². The minimum Gasteiger partial charge on any atom is -0.388 e. The maximum atomic E-state index is 4.47. The smallest absolute Gasteiger partial charge is 0.0727 e. The van der Waals surface area contributed by atoms with Gasteiger partial charge in [-0.3, -0.25) is 4.98 Å². The maximum absolute atomic E-state index is 4.47. The first kappa shape index (κ1) is 11.6. The number of rotatable bonds is 2. The number of nitrogens with one attached hydrogen (secondary N) is 1. The summed E-state index contributed by atoms with van der Waals surface area (Å²) in [5.41, 5.74) is 7.23. The zero-order valence-electron chi connectivity index (χ0n) is 10.8. The fraction of sp³-hybridized carbons (Fsp3) is 0.267. The number of aromatic nitrogens is 1.